The van der Waals surface area contributed by atoms with Gasteiger partial charge in [0.25, 0.3) is 0 Å². The van der Waals surface area contributed by atoms with E-state index in [0.717, 1.165) is 17.9 Å². The van der Waals surface area contributed by atoms with Crippen LogP contribution in [0.5, 0.6) is 0 Å². The van der Waals surface area contributed by atoms with Crippen molar-refractivity contribution in [3.8, 4) is 0 Å². The fraction of sp³-hybridized carbons (Fsp3) is 0.667. The van der Waals surface area contributed by atoms with E-state index in [4.69, 9.17) is 0 Å². The number of nitrogens with zero attached hydrogens (tertiary/aromatic N) is 2. The van der Waals surface area contributed by atoms with Crippen molar-refractivity contribution < 1.29 is 0 Å². The largest absolute Gasteiger partial charge is 0.368 e. The number of benzene rings is 1. The number of piperazine rings is 1. The molecule has 3 heteroatoms. The Labute approximate surface area is 132 Å². The summed E-state index contributed by atoms with van der Waals surface area (Å²) in [5.74, 6) is 2.09. The van der Waals surface area contributed by atoms with Crippen LogP contribution in [-0.2, 0) is 0 Å². The zero-order valence-corrected chi connectivity index (χ0v) is 13.8. The average Bonchev–Trinajstić information content (AvgIpc) is 3.18. The molecule has 1 aromatic carbocycles. The Morgan fingerprint density at radius 3 is 2.48 bits per heavy atom. The first kappa shape index (κ1) is 14.0. The molecule has 114 valence electrons. The maximum atomic E-state index is 2.81. The zero-order chi connectivity index (χ0) is 14.2. The van der Waals surface area contributed by atoms with Gasteiger partial charge in [0.05, 0.1) is 5.69 Å². The van der Waals surface area contributed by atoms with Gasteiger partial charge in [-0.1, -0.05) is 18.6 Å². The van der Waals surface area contributed by atoms with Gasteiger partial charge < -0.3 is 4.90 Å². The van der Waals surface area contributed by atoms with Crippen LogP contribution in [0.3, 0.4) is 0 Å². The summed E-state index contributed by atoms with van der Waals surface area (Å²) in [5.41, 5.74) is 1.44. The SMILES string of the molecule is CSc1ccccc1N1CCN(C2CC3CCC2C3)CC1. The summed E-state index contributed by atoms with van der Waals surface area (Å²) in [4.78, 5) is 6.82. The Bertz CT molecular complexity index is 496. The second-order valence-corrected chi connectivity index (χ2v) is 7.79. The predicted octanol–water partition coefficient (Wildman–Crippen LogP) is 3.72. The Kier molecular flexibility index (Phi) is 3.89. The van der Waals surface area contributed by atoms with E-state index in [0.29, 0.717) is 0 Å². The molecule has 0 spiro atoms. The Morgan fingerprint density at radius 1 is 1.00 bits per heavy atom. The van der Waals surface area contributed by atoms with Gasteiger partial charge in [-0.2, -0.15) is 0 Å². The van der Waals surface area contributed by atoms with Crippen molar-refractivity contribution in [2.45, 2.75) is 36.6 Å². The van der Waals surface area contributed by atoms with Gasteiger partial charge in [0, 0.05) is 37.1 Å². The molecule has 1 heterocycles. The summed E-state index contributed by atoms with van der Waals surface area (Å²) >= 11 is 1.87. The molecule has 2 nitrogen and oxygen atoms in total. The summed E-state index contributed by atoms with van der Waals surface area (Å²) in [6, 6.07) is 9.79. The lowest BCUT2D eigenvalue weighted by Gasteiger charge is -2.42. The Morgan fingerprint density at radius 2 is 1.81 bits per heavy atom. The van der Waals surface area contributed by atoms with Crippen LogP contribution in [0.1, 0.15) is 25.7 Å². The minimum Gasteiger partial charge on any atom is -0.368 e. The lowest BCUT2D eigenvalue weighted by molar-refractivity contribution is 0.135. The summed E-state index contributed by atoms with van der Waals surface area (Å²) in [7, 11) is 0. The maximum Gasteiger partial charge on any atom is 0.0505 e. The third-order valence-corrected chi connectivity index (χ3v) is 6.69. The molecule has 3 aliphatic rings. The number of hydrogen-bond donors (Lipinski definition) is 0. The summed E-state index contributed by atoms with van der Waals surface area (Å²) in [6.07, 6.45) is 8.23. The highest BCUT2D eigenvalue weighted by Crippen LogP contribution is 2.46. The third kappa shape index (κ3) is 2.59. The molecule has 2 bridgehead atoms. The minimum absolute atomic E-state index is 0.918. The van der Waals surface area contributed by atoms with E-state index in [1.54, 1.807) is 0 Å². The highest BCUT2D eigenvalue weighted by molar-refractivity contribution is 7.98. The van der Waals surface area contributed by atoms with Crippen molar-refractivity contribution >= 4 is 17.4 Å². The van der Waals surface area contributed by atoms with Crippen molar-refractivity contribution in [1.82, 2.24) is 4.90 Å². The molecule has 2 aliphatic carbocycles. The molecule has 4 rings (SSSR count). The van der Waals surface area contributed by atoms with Crippen LogP contribution in [0.25, 0.3) is 0 Å². The van der Waals surface area contributed by atoms with Crippen LogP contribution in [0.4, 0.5) is 5.69 Å². The monoisotopic (exact) mass is 302 g/mol. The van der Waals surface area contributed by atoms with Gasteiger partial charge in [0.15, 0.2) is 0 Å². The van der Waals surface area contributed by atoms with Gasteiger partial charge >= 0.3 is 0 Å². The Hall–Kier alpha value is -0.670. The molecular formula is C18H26N2S. The van der Waals surface area contributed by atoms with Crippen LogP contribution in [0.2, 0.25) is 0 Å². The van der Waals surface area contributed by atoms with Crippen molar-refractivity contribution in [3.05, 3.63) is 24.3 Å². The van der Waals surface area contributed by atoms with Gasteiger partial charge in [-0.3, -0.25) is 4.90 Å². The maximum absolute atomic E-state index is 2.81. The number of fused-ring (bicyclic) bond motifs is 2. The number of hydrogen-bond acceptors (Lipinski definition) is 3. The minimum atomic E-state index is 0.918. The van der Waals surface area contributed by atoms with Gasteiger partial charge in [-0.05, 0) is 49.5 Å². The van der Waals surface area contributed by atoms with Crippen molar-refractivity contribution in [2.75, 3.05) is 37.3 Å². The third-order valence-electron chi connectivity index (χ3n) is 5.91. The van der Waals surface area contributed by atoms with Crippen molar-refractivity contribution in [2.24, 2.45) is 11.8 Å². The molecule has 3 fully saturated rings. The fourth-order valence-corrected chi connectivity index (χ4v) is 5.46. The van der Waals surface area contributed by atoms with Gasteiger partial charge in [-0.25, -0.2) is 0 Å². The van der Waals surface area contributed by atoms with E-state index in [1.807, 2.05) is 11.8 Å². The fourth-order valence-electron chi connectivity index (χ4n) is 4.84. The molecule has 1 aromatic rings. The molecule has 0 aromatic heterocycles. The van der Waals surface area contributed by atoms with Gasteiger partial charge in [0.1, 0.15) is 0 Å². The first-order valence-corrected chi connectivity index (χ1v) is 9.69. The lowest BCUT2D eigenvalue weighted by Crippen LogP contribution is -2.51. The molecule has 0 amide bonds. The summed E-state index contributed by atoms with van der Waals surface area (Å²) in [5, 5.41) is 0. The molecule has 0 radical (unpaired) electrons. The van der Waals surface area contributed by atoms with Crippen molar-refractivity contribution in [3.63, 3.8) is 0 Å². The van der Waals surface area contributed by atoms with E-state index in [2.05, 4.69) is 40.3 Å². The molecular weight excluding hydrogens is 276 g/mol. The molecule has 0 N–H and O–H groups in total. The number of rotatable bonds is 3. The predicted molar refractivity (Wildman–Crippen MR) is 91.2 cm³/mol. The molecule has 1 aliphatic heterocycles. The standard InChI is InChI=1S/C18H26N2S/c1-21-18-5-3-2-4-16(18)19-8-10-20(11-9-19)17-13-14-6-7-15(17)12-14/h2-5,14-15,17H,6-13H2,1H3. The van der Waals surface area contributed by atoms with E-state index in [1.165, 1.54) is 62.4 Å². The van der Waals surface area contributed by atoms with Crippen LogP contribution in [0.15, 0.2) is 29.2 Å². The summed E-state index contributed by atoms with van der Waals surface area (Å²) in [6.45, 7) is 4.92. The smallest absolute Gasteiger partial charge is 0.0505 e. The van der Waals surface area contributed by atoms with Crippen LogP contribution >= 0.6 is 11.8 Å². The van der Waals surface area contributed by atoms with E-state index in [9.17, 15) is 0 Å². The number of thioether (sulfide) groups is 1. The van der Waals surface area contributed by atoms with E-state index in [-0.39, 0.29) is 0 Å². The van der Waals surface area contributed by atoms with Crippen LogP contribution in [0, 0.1) is 11.8 Å². The molecule has 1 saturated heterocycles. The summed E-state index contributed by atoms with van der Waals surface area (Å²) < 4.78 is 0. The van der Waals surface area contributed by atoms with Crippen LogP contribution in [-0.4, -0.2) is 43.4 Å². The zero-order valence-electron chi connectivity index (χ0n) is 13.0. The highest BCUT2D eigenvalue weighted by atomic mass is 32.2. The van der Waals surface area contributed by atoms with Crippen LogP contribution < -0.4 is 4.90 Å². The lowest BCUT2D eigenvalue weighted by atomic mass is 9.93. The molecule has 3 atom stereocenters. The topological polar surface area (TPSA) is 6.48 Å². The van der Waals surface area contributed by atoms with E-state index >= 15 is 0 Å². The molecule has 2 saturated carbocycles. The van der Waals surface area contributed by atoms with Gasteiger partial charge in [-0.15, -0.1) is 11.8 Å². The Balaban J connectivity index is 1.40. The molecule has 21 heavy (non-hydrogen) atoms. The normalized spacial score (nSPS) is 32.8. The number of para-hydroxylation sites is 1. The van der Waals surface area contributed by atoms with Crippen molar-refractivity contribution in [1.29, 1.82) is 0 Å². The second-order valence-electron chi connectivity index (χ2n) is 6.94. The van der Waals surface area contributed by atoms with Gasteiger partial charge in [0.2, 0.25) is 0 Å². The average molecular weight is 302 g/mol. The first-order chi connectivity index (χ1) is 10.3. The van der Waals surface area contributed by atoms with E-state index < -0.39 is 0 Å². The molecule has 3 unspecified atom stereocenters. The number of anilines is 1. The quantitative estimate of drug-likeness (QED) is 0.786. The first-order valence-electron chi connectivity index (χ1n) is 8.47. The second kappa shape index (κ2) is 5.85. The highest BCUT2D eigenvalue weighted by Gasteiger charge is 2.42.